The fourth-order valence-electron chi connectivity index (χ4n) is 5.00. The topological polar surface area (TPSA) is 88.5 Å². The third-order valence-electron chi connectivity index (χ3n) is 7.11. The van der Waals surface area contributed by atoms with E-state index in [1.165, 1.54) is 6.07 Å². The van der Waals surface area contributed by atoms with E-state index in [1.54, 1.807) is 29.2 Å². The number of hydrogen-bond acceptors (Lipinski definition) is 10. The molecule has 0 radical (unpaired) electrons. The molecule has 0 aliphatic carbocycles. The molecule has 1 saturated heterocycles. The van der Waals surface area contributed by atoms with Crippen LogP contribution in [0.2, 0.25) is 0 Å². The van der Waals surface area contributed by atoms with Crippen LogP contribution >= 0.6 is 37.9 Å². The Morgan fingerprint density at radius 3 is 2.28 bits per heavy atom. The number of fused-ring (bicyclic) bond motifs is 1. The van der Waals surface area contributed by atoms with Crippen molar-refractivity contribution in [2.45, 2.75) is 15.6 Å². The number of aromatic nitrogens is 3. The van der Waals surface area contributed by atoms with Crippen molar-refractivity contribution in [2.75, 3.05) is 26.2 Å². The Balaban J connectivity index is 1.19. The van der Waals surface area contributed by atoms with Crippen LogP contribution in [0.1, 0.15) is 39.3 Å². The van der Waals surface area contributed by atoms with E-state index < -0.39 is 15.2 Å². The molecule has 0 bridgehead atoms. The van der Waals surface area contributed by atoms with E-state index in [-0.39, 0.29) is 34.8 Å². The molecule has 8 nitrogen and oxygen atoms in total. The largest absolute Gasteiger partial charge is 0.436 e. The summed E-state index contributed by atoms with van der Waals surface area (Å²) in [5, 5.41) is 8.32. The van der Waals surface area contributed by atoms with Gasteiger partial charge in [-0.25, -0.2) is 4.98 Å². The Kier molecular flexibility index (Phi) is 7.96. The van der Waals surface area contributed by atoms with Crippen molar-refractivity contribution in [1.82, 2.24) is 25.0 Å². The summed E-state index contributed by atoms with van der Waals surface area (Å²) in [6.45, 7) is 1.94. The third kappa shape index (κ3) is 6.28. The minimum absolute atomic E-state index is 0.0859. The van der Waals surface area contributed by atoms with Gasteiger partial charge in [-0.05, 0) is 42.0 Å². The molecule has 0 spiro atoms. The number of oxazole rings is 1. The van der Waals surface area contributed by atoms with Crippen LogP contribution in [0.15, 0.2) is 81.6 Å². The standard InChI is InChI=1S/C29H24F3N5O3S3/c30-28(31,32)20-9-10-22-21(16-20)33-24(39-22)18-7-4-8-19(15-18)26(38)37-13-11-36(12-14-37)23(17-5-2-1-3-6-17)25-34-35-27(40-25)29(41,42)43/h1-10,15-16,23,41-43H,11-14H2. The maximum Gasteiger partial charge on any atom is 0.416 e. The van der Waals surface area contributed by atoms with E-state index >= 15 is 0 Å². The Labute approximate surface area is 260 Å². The number of hydrogen-bond donors (Lipinski definition) is 3. The summed E-state index contributed by atoms with van der Waals surface area (Å²) in [7, 11) is 0. The van der Waals surface area contributed by atoms with E-state index in [4.69, 9.17) is 8.83 Å². The van der Waals surface area contributed by atoms with Gasteiger partial charge in [0, 0.05) is 37.3 Å². The highest BCUT2D eigenvalue weighted by Gasteiger charge is 2.34. The summed E-state index contributed by atoms with van der Waals surface area (Å²) >= 11 is 12.9. The Hall–Kier alpha value is -3.46. The SMILES string of the molecule is O=C(c1cccc(-c2nc3cc(C(F)(F)F)ccc3o2)c1)N1CCN(C(c2ccccc2)c2nnc(C(S)(S)S)o2)CC1. The second-order valence-electron chi connectivity index (χ2n) is 10.0. The normalized spacial score (nSPS) is 15.6. The molecule has 0 N–H and O–H groups in total. The summed E-state index contributed by atoms with van der Waals surface area (Å²) in [6.07, 6.45) is -4.49. The molecule has 2 aromatic heterocycles. The molecule has 222 valence electrons. The monoisotopic (exact) mass is 643 g/mol. The van der Waals surface area contributed by atoms with E-state index in [2.05, 4.69) is 58.0 Å². The highest BCUT2D eigenvalue weighted by molar-refractivity contribution is 8.15. The molecular formula is C29H24F3N5O3S3. The number of amides is 1. The Morgan fingerprint density at radius 1 is 0.860 bits per heavy atom. The first-order chi connectivity index (χ1) is 20.5. The van der Waals surface area contributed by atoms with Crippen molar-refractivity contribution in [3.05, 3.63) is 101 Å². The van der Waals surface area contributed by atoms with E-state index in [0.717, 1.165) is 17.7 Å². The minimum Gasteiger partial charge on any atom is -0.436 e. The van der Waals surface area contributed by atoms with Gasteiger partial charge in [0.15, 0.2) is 8.99 Å². The van der Waals surface area contributed by atoms with Gasteiger partial charge in [0.2, 0.25) is 11.8 Å². The van der Waals surface area contributed by atoms with Crippen LogP contribution in [-0.2, 0) is 9.59 Å². The van der Waals surface area contributed by atoms with Crippen molar-refractivity contribution in [3.8, 4) is 11.5 Å². The fourth-order valence-corrected chi connectivity index (χ4v) is 5.27. The highest BCUT2D eigenvalue weighted by atomic mass is 32.2. The zero-order valence-electron chi connectivity index (χ0n) is 22.3. The van der Waals surface area contributed by atoms with Gasteiger partial charge >= 0.3 is 6.18 Å². The van der Waals surface area contributed by atoms with E-state index in [0.29, 0.717) is 43.2 Å². The van der Waals surface area contributed by atoms with Gasteiger partial charge in [0.25, 0.3) is 11.8 Å². The molecular weight excluding hydrogens is 620 g/mol. The van der Waals surface area contributed by atoms with Gasteiger partial charge in [0.1, 0.15) is 11.6 Å². The van der Waals surface area contributed by atoms with Gasteiger partial charge in [-0.15, -0.1) is 48.1 Å². The van der Waals surface area contributed by atoms with Gasteiger partial charge in [-0.1, -0.05) is 36.4 Å². The number of carbonyl (C=O) groups is 1. The smallest absolute Gasteiger partial charge is 0.416 e. The van der Waals surface area contributed by atoms with Crippen LogP contribution in [-0.4, -0.2) is 57.1 Å². The van der Waals surface area contributed by atoms with E-state index in [1.807, 2.05) is 30.3 Å². The number of carbonyl (C=O) groups excluding carboxylic acids is 1. The number of thiol groups is 3. The summed E-state index contributed by atoms with van der Waals surface area (Å²) in [5.41, 5.74) is 1.35. The highest BCUT2D eigenvalue weighted by Crippen LogP contribution is 2.38. The summed E-state index contributed by atoms with van der Waals surface area (Å²) in [6, 6.07) is 19.2. The second kappa shape index (κ2) is 11.6. The maximum atomic E-state index is 13.5. The lowest BCUT2D eigenvalue weighted by molar-refractivity contribution is -0.137. The molecule has 1 amide bonds. The molecule has 3 aromatic carbocycles. The molecule has 1 fully saturated rings. The summed E-state index contributed by atoms with van der Waals surface area (Å²) < 4.78 is 49.8. The van der Waals surface area contributed by atoms with Crippen LogP contribution in [0.5, 0.6) is 0 Å². The number of piperazine rings is 1. The van der Waals surface area contributed by atoms with Gasteiger partial charge in [-0.2, -0.15) is 13.2 Å². The Morgan fingerprint density at radius 2 is 1.60 bits per heavy atom. The first-order valence-corrected chi connectivity index (χ1v) is 14.5. The van der Waals surface area contributed by atoms with Crippen molar-refractivity contribution in [2.24, 2.45) is 0 Å². The van der Waals surface area contributed by atoms with Crippen molar-refractivity contribution >= 4 is 54.9 Å². The zero-order chi connectivity index (χ0) is 30.4. The maximum absolute atomic E-state index is 13.5. The van der Waals surface area contributed by atoms with Crippen molar-refractivity contribution < 1.29 is 26.8 Å². The van der Waals surface area contributed by atoms with Crippen LogP contribution in [0.3, 0.4) is 0 Å². The molecule has 1 aliphatic rings. The molecule has 5 aromatic rings. The lowest BCUT2D eigenvalue weighted by atomic mass is 10.0. The van der Waals surface area contributed by atoms with Crippen molar-refractivity contribution in [1.29, 1.82) is 0 Å². The molecule has 1 atom stereocenters. The molecule has 1 unspecified atom stereocenters. The van der Waals surface area contributed by atoms with Gasteiger partial charge < -0.3 is 13.7 Å². The van der Waals surface area contributed by atoms with Crippen LogP contribution in [0.25, 0.3) is 22.6 Å². The quantitative estimate of drug-likeness (QED) is 0.147. The number of rotatable bonds is 6. The van der Waals surface area contributed by atoms with Crippen molar-refractivity contribution in [3.63, 3.8) is 0 Å². The molecule has 6 rings (SSSR count). The van der Waals surface area contributed by atoms with Crippen LogP contribution in [0.4, 0.5) is 13.2 Å². The average molecular weight is 644 g/mol. The molecule has 3 heterocycles. The lowest BCUT2D eigenvalue weighted by Crippen LogP contribution is -2.50. The van der Waals surface area contributed by atoms with Gasteiger partial charge in [-0.3, -0.25) is 9.69 Å². The third-order valence-corrected chi connectivity index (χ3v) is 7.69. The molecule has 43 heavy (non-hydrogen) atoms. The van der Waals surface area contributed by atoms with Gasteiger partial charge in [0.05, 0.1) is 5.56 Å². The molecule has 14 heteroatoms. The summed E-state index contributed by atoms with van der Waals surface area (Å²) in [4.78, 5) is 21.7. The fraction of sp³-hybridized carbons (Fsp3) is 0.241. The molecule has 1 aliphatic heterocycles. The number of alkyl halides is 3. The van der Waals surface area contributed by atoms with Crippen LogP contribution in [0, 0.1) is 0 Å². The number of halogens is 3. The predicted octanol–water partition coefficient (Wildman–Crippen LogP) is 6.34. The zero-order valence-corrected chi connectivity index (χ0v) is 25.0. The summed E-state index contributed by atoms with van der Waals surface area (Å²) in [5.74, 6) is 0.479. The Bertz CT molecular complexity index is 1760. The predicted molar refractivity (Wildman–Crippen MR) is 163 cm³/mol. The molecule has 0 saturated carbocycles. The second-order valence-corrected chi connectivity index (χ2v) is 13.1. The van der Waals surface area contributed by atoms with Crippen LogP contribution < -0.4 is 0 Å². The first kappa shape index (κ1) is 29.6. The minimum atomic E-state index is -4.49. The van der Waals surface area contributed by atoms with E-state index in [9.17, 15) is 18.0 Å². The number of benzene rings is 3. The lowest BCUT2D eigenvalue weighted by Gasteiger charge is -2.38. The first-order valence-electron chi connectivity index (χ1n) is 13.1. The number of nitrogens with zero attached hydrogens (tertiary/aromatic N) is 5. The average Bonchev–Trinajstić information content (AvgIpc) is 3.65.